The van der Waals surface area contributed by atoms with Crippen LogP contribution in [0.25, 0.3) is 10.8 Å². The highest BCUT2D eigenvalue weighted by Crippen LogP contribution is 2.50. The van der Waals surface area contributed by atoms with Gasteiger partial charge in [-0.1, -0.05) is 46.8 Å². The SMILES string of the molecule is C=C[C@@H]1C[C@]1(NC(=O)[C@@H]1C[C@@H](Oc2nccc3cc(OC)ccc23)CN1C(=O)[C@@H](NC(=O)OC(C)(C)C)C(C)(C)C)C(=C)NS(=O)(=O)OC1(CCC)CC1. The van der Waals surface area contributed by atoms with Gasteiger partial charge >= 0.3 is 16.4 Å². The van der Waals surface area contributed by atoms with E-state index in [0.29, 0.717) is 42.7 Å². The fourth-order valence-corrected chi connectivity index (χ4v) is 8.27. The lowest BCUT2D eigenvalue weighted by atomic mass is 9.85. The summed E-state index contributed by atoms with van der Waals surface area (Å²) < 4.78 is 51.6. The molecule has 5 rings (SSSR count). The number of likely N-dealkylation sites (tertiary alicyclic amines) is 1. The van der Waals surface area contributed by atoms with Gasteiger partial charge in [0.05, 0.1) is 24.8 Å². The van der Waals surface area contributed by atoms with Gasteiger partial charge in [0.25, 0.3) is 0 Å². The van der Waals surface area contributed by atoms with E-state index in [4.69, 9.17) is 18.4 Å². The van der Waals surface area contributed by atoms with Gasteiger partial charge in [0.1, 0.15) is 29.5 Å². The number of carbonyl (C=O) groups excluding carboxylic acids is 3. The predicted molar refractivity (Wildman–Crippen MR) is 204 cm³/mol. The van der Waals surface area contributed by atoms with Crippen LogP contribution in [-0.2, 0) is 28.8 Å². The maximum atomic E-state index is 14.6. The van der Waals surface area contributed by atoms with Crippen LogP contribution in [0.4, 0.5) is 4.79 Å². The van der Waals surface area contributed by atoms with Crippen molar-refractivity contribution in [3.63, 3.8) is 0 Å². The monoisotopic (exact) mass is 769 g/mol. The fraction of sp³-hybridized carbons (Fsp3) is 0.590. The zero-order valence-corrected chi connectivity index (χ0v) is 33.4. The number of hydrogen-bond donors (Lipinski definition) is 3. The number of methoxy groups -OCH3 is 1. The van der Waals surface area contributed by atoms with Gasteiger partial charge in [0.2, 0.25) is 17.7 Å². The third kappa shape index (κ3) is 9.28. The first-order chi connectivity index (χ1) is 25.1. The Labute approximate surface area is 318 Å². The predicted octanol–water partition coefficient (Wildman–Crippen LogP) is 5.29. The number of alkyl carbamates (subject to hydrolysis) is 1. The second-order valence-electron chi connectivity index (χ2n) is 16.7. The van der Waals surface area contributed by atoms with E-state index in [9.17, 15) is 22.8 Å². The molecule has 15 heteroatoms. The second kappa shape index (κ2) is 15.0. The summed E-state index contributed by atoms with van der Waals surface area (Å²) in [6.07, 6.45) is 4.84. The van der Waals surface area contributed by atoms with Gasteiger partial charge in [-0.3, -0.25) is 14.3 Å². The number of ether oxygens (including phenoxy) is 3. The van der Waals surface area contributed by atoms with Crippen molar-refractivity contribution < 1.29 is 41.2 Å². The number of nitrogens with zero attached hydrogens (tertiary/aromatic N) is 2. The van der Waals surface area contributed by atoms with Gasteiger partial charge in [-0.05, 0) is 81.5 Å². The van der Waals surface area contributed by atoms with Crippen molar-refractivity contribution >= 4 is 39.0 Å². The average molecular weight is 770 g/mol. The van der Waals surface area contributed by atoms with Crippen LogP contribution in [0.5, 0.6) is 11.6 Å². The van der Waals surface area contributed by atoms with E-state index >= 15 is 0 Å². The van der Waals surface area contributed by atoms with Crippen molar-refractivity contribution in [2.75, 3.05) is 13.7 Å². The Morgan fingerprint density at radius 3 is 2.41 bits per heavy atom. The van der Waals surface area contributed by atoms with Crippen LogP contribution in [-0.4, -0.2) is 84.8 Å². The Bertz CT molecular complexity index is 1900. The van der Waals surface area contributed by atoms with Crippen LogP contribution >= 0.6 is 0 Å². The zero-order valence-electron chi connectivity index (χ0n) is 32.6. The number of pyridine rings is 1. The van der Waals surface area contributed by atoms with Gasteiger partial charge in [0, 0.05) is 29.6 Å². The minimum absolute atomic E-state index is 0.00741. The van der Waals surface area contributed by atoms with Gasteiger partial charge in [0.15, 0.2) is 0 Å². The minimum Gasteiger partial charge on any atom is -0.497 e. The molecular weight excluding hydrogens is 715 g/mol. The molecule has 0 unspecified atom stereocenters. The molecule has 1 saturated heterocycles. The molecule has 2 heterocycles. The number of hydrogen-bond acceptors (Lipinski definition) is 10. The highest BCUT2D eigenvalue weighted by atomic mass is 32.2. The lowest BCUT2D eigenvalue weighted by molar-refractivity contribution is -0.142. The van der Waals surface area contributed by atoms with E-state index in [1.165, 1.54) is 4.90 Å². The Morgan fingerprint density at radius 2 is 1.83 bits per heavy atom. The van der Waals surface area contributed by atoms with Crippen LogP contribution in [0.3, 0.4) is 0 Å². The van der Waals surface area contributed by atoms with E-state index in [0.717, 1.165) is 11.8 Å². The molecule has 1 aromatic heterocycles. The van der Waals surface area contributed by atoms with E-state index in [1.807, 2.05) is 25.1 Å². The molecule has 1 aromatic carbocycles. The molecule has 2 aromatic rings. The first-order valence-electron chi connectivity index (χ1n) is 18.4. The first-order valence-corrected chi connectivity index (χ1v) is 19.8. The molecule has 5 atom stereocenters. The summed E-state index contributed by atoms with van der Waals surface area (Å²) in [4.78, 5) is 47.9. The standard InChI is InChI=1S/C39H55N5O9S/c1-11-16-38(17-18-38)53-54(48,49)43-24(3)39(22-26(39)12-2)42-32(45)30-21-28(51-33-29-14-13-27(50-10)20-25(29)15-19-40-33)23-44(30)34(46)31(36(4,5)6)41-35(47)52-37(7,8)9/h12-15,19-20,26,28,30-31,43H,2-3,11,16-18,21-23H2,1,4-10H3,(H,41,47)(H,42,45)/t26-,28-,30+,31-,39+/m1/s1. The summed E-state index contributed by atoms with van der Waals surface area (Å²) >= 11 is 0. The third-order valence-corrected chi connectivity index (χ3v) is 11.1. The Hall–Kier alpha value is -4.37. The van der Waals surface area contributed by atoms with Crippen LogP contribution in [0.15, 0.2) is 55.4 Å². The lowest BCUT2D eigenvalue weighted by Crippen LogP contribution is -2.59. The number of nitrogens with one attached hydrogen (secondary N) is 3. The van der Waals surface area contributed by atoms with Crippen LogP contribution in [0.1, 0.15) is 87.0 Å². The van der Waals surface area contributed by atoms with Gasteiger partial charge in [-0.15, -0.1) is 6.58 Å². The zero-order chi connectivity index (χ0) is 39.9. The van der Waals surface area contributed by atoms with Crippen LogP contribution in [0.2, 0.25) is 0 Å². The summed E-state index contributed by atoms with van der Waals surface area (Å²) in [5.41, 5.74) is -3.51. The largest absolute Gasteiger partial charge is 0.497 e. The highest BCUT2D eigenvalue weighted by molar-refractivity contribution is 7.84. The quantitative estimate of drug-likeness (QED) is 0.202. The van der Waals surface area contributed by atoms with Gasteiger partial charge in [-0.25, -0.2) is 14.0 Å². The molecule has 14 nitrogen and oxygen atoms in total. The molecule has 0 bridgehead atoms. The van der Waals surface area contributed by atoms with Crippen molar-refractivity contribution in [3.8, 4) is 11.6 Å². The number of amides is 3. The fourth-order valence-electron chi connectivity index (χ4n) is 7.03. The molecule has 0 radical (unpaired) electrons. The number of benzene rings is 1. The number of carbonyl (C=O) groups is 3. The van der Waals surface area contributed by atoms with E-state index in [2.05, 4.69) is 33.5 Å². The molecule has 1 aliphatic heterocycles. The molecule has 3 aliphatic rings. The second-order valence-corrected chi connectivity index (χ2v) is 18.0. The summed E-state index contributed by atoms with van der Waals surface area (Å²) in [6.45, 7) is 20.4. The number of aromatic nitrogens is 1. The average Bonchev–Trinajstić information content (AvgIpc) is 3.95. The van der Waals surface area contributed by atoms with Crippen molar-refractivity contribution in [1.82, 2.24) is 25.2 Å². The smallest absolute Gasteiger partial charge is 0.408 e. The van der Waals surface area contributed by atoms with E-state index in [-0.39, 0.29) is 24.6 Å². The number of rotatable bonds is 15. The maximum absolute atomic E-state index is 14.6. The van der Waals surface area contributed by atoms with Crippen molar-refractivity contribution in [3.05, 3.63) is 55.4 Å². The molecule has 2 saturated carbocycles. The van der Waals surface area contributed by atoms with Gasteiger partial charge < -0.3 is 29.7 Å². The van der Waals surface area contributed by atoms with Crippen molar-refractivity contribution in [1.29, 1.82) is 0 Å². The van der Waals surface area contributed by atoms with Gasteiger partial charge in [-0.2, -0.15) is 8.42 Å². The van der Waals surface area contributed by atoms with Crippen LogP contribution in [0, 0.1) is 11.3 Å². The Morgan fingerprint density at radius 1 is 1.13 bits per heavy atom. The molecule has 2 aliphatic carbocycles. The van der Waals surface area contributed by atoms with E-state index in [1.54, 1.807) is 67.0 Å². The van der Waals surface area contributed by atoms with Crippen molar-refractivity contribution in [2.45, 2.75) is 122 Å². The molecule has 0 spiro atoms. The summed E-state index contributed by atoms with van der Waals surface area (Å²) in [5.74, 6) is -0.426. The van der Waals surface area contributed by atoms with Crippen molar-refractivity contribution in [2.24, 2.45) is 11.3 Å². The molecule has 296 valence electrons. The normalized spacial score (nSPS) is 23.9. The van der Waals surface area contributed by atoms with Crippen LogP contribution < -0.4 is 24.8 Å². The first kappa shape index (κ1) is 40.8. The molecule has 54 heavy (non-hydrogen) atoms. The molecular formula is C39H55N5O9S. The summed E-state index contributed by atoms with van der Waals surface area (Å²) in [5, 5.41) is 7.29. The molecule has 3 N–H and O–H groups in total. The molecule has 3 amide bonds. The lowest BCUT2D eigenvalue weighted by Gasteiger charge is -2.36. The number of fused-ring (bicyclic) bond motifs is 1. The maximum Gasteiger partial charge on any atom is 0.408 e. The Kier molecular flexibility index (Phi) is 11.4. The van der Waals surface area contributed by atoms with E-state index < -0.39 is 68.6 Å². The topological polar surface area (TPSA) is 174 Å². The third-order valence-electron chi connectivity index (χ3n) is 10.1. The summed E-state index contributed by atoms with van der Waals surface area (Å²) in [6, 6.07) is 5.14. The molecule has 3 fully saturated rings. The minimum atomic E-state index is -4.26. The Balaban J connectivity index is 1.43. The summed E-state index contributed by atoms with van der Waals surface area (Å²) in [7, 11) is -2.68. The highest BCUT2D eigenvalue weighted by Gasteiger charge is 2.59.